The lowest BCUT2D eigenvalue weighted by molar-refractivity contribution is -0.156. The Hall–Kier alpha value is -2.35. The van der Waals surface area contributed by atoms with Gasteiger partial charge in [-0.15, -0.1) is 0 Å². The number of ether oxygens (including phenoxy) is 1. The minimum atomic E-state index is -1.04. The molecule has 1 aromatic carbocycles. The van der Waals surface area contributed by atoms with E-state index in [-0.39, 0.29) is 36.1 Å². The number of rotatable bonds is 7. The number of amides is 3. The number of piperidine rings is 1. The van der Waals surface area contributed by atoms with Gasteiger partial charge < -0.3 is 9.64 Å². The molecule has 0 aromatic heterocycles. The number of fused-ring (bicyclic) bond motifs is 1. The number of carbonyl (C=O) groups is 4. The summed E-state index contributed by atoms with van der Waals surface area (Å²) in [4.78, 5) is 53.5. The number of hydrogen-bond donors (Lipinski definition) is 0. The molecule has 0 spiro atoms. The van der Waals surface area contributed by atoms with Crippen LogP contribution < -0.4 is 0 Å². The fourth-order valence-corrected chi connectivity index (χ4v) is 4.31. The molecule has 1 aromatic rings. The normalized spacial score (nSPS) is 19.9. The maximum Gasteiger partial charge on any atom is 0.329 e. The number of likely N-dealkylation sites (tertiary alicyclic amines) is 1. The molecule has 1 saturated heterocycles. The highest BCUT2D eigenvalue weighted by atomic mass is 32.2. The predicted molar refractivity (Wildman–Crippen MR) is 110 cm³/mol. The average Bonchev–Trinajstić information content (AvgIpc) is 2.98. The van der Waals surface area contributed by atoms with Crippen molar-refractivity contribution < 1.29 is 23.9 Å². The Bertz CT molecular complexity index is 777. The maximum absolute atomic E-state index is 12.8. The molecule has 29 heavy (non-hydrogen) atoms. The maximum atomic E-state index is 12.8. The number of nitrogens with zero attached hydrogens (tertiary/aromatic N) is 2. The molecule has 0 N–H and O–H groups in total. The third-order valence-corrected chi connectivity index (χ3v) is 6.11. The van der Waals surface area contributed by atoms with Crippen molar-refractivity contribution in [3.8, 4) is 0 Å². The SMILES string of the molecule is CSCC[C@H](C(=O)OCC(=O)N1CCCC[C@@H]1C)N1C(=O)c2ccccc2C1=O. The molecule has 8 heteroatoms. The van der Waals surface area contributed by atoms with Crippen molar-refractivity contribution in [3.05, 3.63) is 35.4 Å². The van der Waals surface area contributed by atoms with Gasteiger partial charge in [0.1, 0.15) is 6.04 Å². The number of carbonyl (C=O) groups excluding carboxylic acids is 4. The minimum Gasteiger partial charge on any atom is -0.454 e. The van der Waals surface area contributed by atoms with E-state index in [1.807, 2.05) is 13.2 Å². The van der Waals surface area contributed by atoms with Crippen molar-refractivity contribution >= 4 is 35.5 Å². The van der Waals surface area contributed by atoms with Crippen LogP contribution in [0.25, 0.3) is 0 Å². The first kappa shape index (κ1) is 21.4. The van der Waals surface area contributed by atoms with Crippen LogP contribution in [-0.4, -0.2) is 70.7 Å². The third kappa shape index (κ3) is 4.47. The van der Waals surface area contributed by atoms with Crippen LogP contribution in [0.5, 0.6) is 0 Å². The zero-order valence-electron chi connectivity index (χ0n) is 16.8. The summed E-state index contributed by atoms with van der Waals surface area (Å²) >= 11 is 1.51. The van der Waals surface area contributed by atoms with Gasteiger partial charge in [0, 0.05) is 12.6 Å². The van der Waals surface area contributed by atoms with Gasteiger partial charge in [-0.2, -0.15) is 11.8 Å². The Morgan fingerprint density at radius 2 is 1.83 bits per heavy atom. The molecule has 2 aliphatic heterocycles. The van der Waals surface area contributed by atoms with Gasteiger partial charge in [-0.05, 0) is 56.7 Å². The summed E-state index contributed by atoms with van der Waals surface area (Å²) in [5.41, 5.74) is 0.579. The topological polar surface area (TPSA) is 84.0 Å². The van der Waals surface area contributed by atoms with E-state index in [1.54, 1.807) is 29.2 Å². The Morgan fingerprint density at radius 3 is 2.41 bits per heavy atom. The zero-order valence-corrected chi connectivity index (χ0v) is 17.6. The van der Waals surface area contributed by atoms with Gasteiger partial charge in [-0.1, -0.05) is 12.1 Å². The van der Waals surface area contributed by atoms with Gasteiger partial charge in [0.15, 0.2) is 6.61 Å². The summed E-state index contributed by atoms with van der Waals surface area (Å²) in [5.74, 6) is -1.37. The highest BCUT2D eigenvalue weighted by Gasteiger charge is 2.43. The van der Waals surface area contributed by atoms with E-state index in [2.05, 4.69) is 0 Å². The zero-order chi connectivity index (χ0) is 21.0. The van der Waals surface area contributed by atoms with Crippen LogP contribution in [0.4, 0.5) is 0 Å². The summed E-state index contributed by atoms with van der Waals surface area (Å²) in [5, 5.41) is 0. The first-order chi connectivity index (χ1) is 14.0. The van der Waals surface area contributed by atoms with E-state index >= 15 is 0 Å². The van der Waals surface area contributed by atoms with E-state index in [1.165, 1.54) is 11.8 Å². The molecule has 1 fully saturated rings. The van der Waals surface area contributed by atoms with Gasteiger partial charge in [0.25, 0.3) is 17.7 Å². The number of imide groups is 1. The Balaban J connectivity index is 1.70. The van der Waals surface area contributed by atoms with Crippen molar-refractivity contribution in [2.75, 3.05) is 25.2 Å². The Labute approximate surface area is 174 Å². The number of thioether (sulfide) groups is 1. The Kier molecular flexibility index (Phi) is 6.95. The van der Waals surface area contributed by atoms with Crippen molar-refractivity contribution in [1.29, 1.82) is 0 Å². The molecule has 3 rings (SSSR count). The standard InChI is InChI=1S/C21H26N2O5S/c1-14-7-5-6-11-22(14)18(24)13-28-21(27)17(10-12-29-2)23-19(25)15-8-3-4-9-16(15)20(23)26/h3-4,8-9,14,17H,5-7,10-13H2,1-2H3/t14-,17+/m0/s1. The summed E-state index contributed by atoms with van der Waals surface area (Å²) in [6, 6.07) is 5.60. The molecule has 7 nitrogen and oxygen atoms in total. The number of esters is 1. The van der Waals surface area contributed by atoms with Crippen LogP contribution >= 0.6 is 11.8 Å². The number of benzene rings is 1. The highest BCUT2D eigenvalue weighted by molar-refractivity contribution is 7.98. The largest absolute Gasteiger partial charge is 0.454 e. The fraction of sp³-hybridized carbons (Fsp3) is 0.524. The van der Waals surface area contributed by atoms with Crippen LogP contribution in [-0.2, 0) is 14.3 Å². The van der Waals surface area contributed by atoms with Crippen molar-refractivity contribution in [2.45, 2.75) is 44.7 Å². The third-order valence-electron chi connectivity index (χ3n) is 5.47. The second kappa shape index (κ2) is 9.43. The molecule has 0 unspecified atom stereocenters. The summed E-state index contributed by atoms with van der Waals surface area (Å²) in [6.07, 6.45) is 5.12. The van der Waals surface area contributed by atoms with Crippen LogP contribution in [0.3, 0.4) is 0 Å². The Morgan fingerprint density at radius 1 is 1.17 bits per heavy atom. The molecule has 0 radical (unpaired) electrons. The van der Waals surface area contributed by atoms with Gasteiger partial charge in [-0.3, -0.25) is 19.3 Å². The van der Waals surface area contributed by atoms with E-state index in [0.29, 0.717) is 12.3 Å². The van der Waals surface area contributed by atoms with E-state index in [0.717, 1.165) is 24.2 Å². The van der Waals surface area contributed by atoms with E-state index in [9.17, 15) is 19.2 Å². The summed E-state index contributed by atoms with van der Waals surface area (Å²) in [6.45, 7) is 2.27. The van der Waals surface area contributed by atoms with Crippen molar-refractivity contribution in [2.24, 2.45) is 0 Å². The molecule has 3 amide bonds. The van der Waals surface area contributed by atoms with Crippen LogP contribution in [0.1, 0.15) is 53.3 Å². The smallest absolute Gasteiger partial charge is 0.329 e. The van der Waals surface area contributed by atoms with Gasteiger partial charge in [0.2, 0.25) is 0 Å². The van der Waals surface area contributed by atoms with Crippen molar-refractivity contribution in [3.63, 3.8) is 0 Å². The summed E-state index contributed by atoms with van der Waals surface area (Å²) in [7, 11) is 0. The minimum absolute atomic E-state index is 0.124. The van der Waals surface area contributed by atoms with E-state index < -0.39 is 23.8 Å². The average molecular weight is 419 g/mol. The van der Waals surface area contributed by atoms with E-state index in [4.69, 9.17) is 4.74 Å². The van der Waals surface area contributed by atoms with Crippen LogP contribution in [0, 0.1) is 0 Å². The second-order valence-corrected chi connectivity index (χ2v) is 8.35. The fourth-order valence-electron chi connectivity index (χ4n) is 3.85. The monoisotopic (exact) mass is 418 g/mol. The molecular formula is C21H26N2O5S. The van der Waals surface area contributed by atoms with Crippen LogP contribution in [0.2, 0.25) is 0 Å². The molecular weight excluding hydrogens is 392 g/mol. The molecule has 0 bridgehead atoms. The van der Waals surface area contributed by atoms with Gasteiger partial charge in [-0.25, -0.2) is 4.79 Å². The molecule has 156 valence electrons. The highest BCUT2D eigenvalue weighted by Crippen LogP contribution is 2.26. The molecule has 0 aliphatic carbocycles. The quantitative estimate of drug-likeness (QED) is 0.499. The van der Waals surface area contributed by atoms with Crippen LogP contribution in [0.15, 0.2) is 24.3 Å². The second-order valence-electron chi connectivity index (χ2n) is 7.36. The molecule has 2 atom stereocenters. The van der Waals surface area contributed by atoms with Crippen molar-refractivity contribution in [1.82, 2.24) is 9.80 Å². The first-order valence-electron chi connectivity index (χ1n) is 9.87. The first-order valence-corrected chi connectivity index (χ1v) is 11.3. The van der Waals surface area contributed by atoms with Gasteiger partial charge in [0.05, 0.1) is 11.1 Å². The molecule has 0 saturated carbocycles. The molecule has 2 heterocycles. The van der Waals surface area contributed by atoms with Gasteiger partial charge >= 0.3 is 5.97 Å². The predicted octanol–water partition coefficient (Wildman–Crippen LogP) is 2.35. The molecule has 2 aliphatic rings. The lowest BCUT2D eigenvalue weighted by Gasteiger charge is -2.33. The number of hydrogen-bond acceptors (Lipinski definition) is 6. The summed E-state index contributed by atoms with van der Waals surface area (Å²) < 4.78 is 5.29. The lowest BCUT2D eigenvalue weighted by Crippen LogP contribution is -2.48. The lowest BCUT2D eigenvalue weighted by atomic mass is 10.0.